The molecule has 2 nitrogen and oxygen atoms in total. The van der Waals surface area contributed by atoms with Crippen LogP contribution in [0.4, 0.5) is 10.7 Å². The van der Waals surface area contributed by atoms with Gasteiger partial charge in [0.15, 0.2) is 5.71 Å². The van der Waals surface area contributed by atoms with Gasteiger partial charge in [-0.3, -0.25) is 0 Å². The van der Waals surface area contributed by atoms with Crippen molar-refractivity contribution in [3.8, 4) is 0 Å². The highest BCUT2D eigenvalue weighted by atomic mass is 35.5. The van der Waals surface area contributed by atoms with E-state index in [1.54, 1.807) is 0 Å². The number of hydrogen-bond acceptors (Lipinski definition) is 2. The van der Waals surface area contributed by atoms with E-state index in [1.807, 2.05) is 11.3 Å². The standard InChI is InChI=1S/C21H27N2S.ClH/c1-6-23(7-2)20-15-13-16(24-20)12-14-19-21(3,4)17-10-8-9-11-18(17)22(19)5;/h8-15H,6-7H2,1-5H3;1H/q+1;/p-1. The summed E-state index contributed by atoms with van der Waals surface area (Å²) in [5.74, 6) is 0. The number of rotatable bonds is 5. The molecule has 0 spiro atoms. The van der Waals surface area contributed by atoms with Gasteiger partial charge in [0.2, 0.25) is 5.69 Å². The number of nitrogens with zero attached hydrogens (tertiary/aromatic N) is 2. The van der Waals surface area contributed by atoms with Crippen molar-refractivity contribution in [3.05, 3.63) is 52.9 Å². The van der Waals surface area contributed by atoms with Crippen LogP contribution in [0, 0.1) is 0 Å². The van der Waals surface area contributed by atoms with Crippen LogP contribution in [0.25, 0.3) is 6.08 Å². The lowest BCUT2D eigenvalue weighted by molar-refractivity contribution is -0.401. The van der Waals surface area contributed by atoms with E-state index >= 15 is 0 Å². The van der Waals surface area contributed by atoms with Crippen LogP contribution >= 0.6 is 11.3 Å². The minimum Gasteiger partial charge on any atom is -1.00 e. The summed E-state index contributed by atoms with van der Waals surface area (Å²) in [6.45, 7) is 11.2. The Labute approximate surface area is 161 Å². The molecule has 25 heavy (non-hydrogen) atoms. The minimum absolute atomic E-state index is 0. The molecule has 1 aromatic heterocycles. The molecule has 134 valence electrons. The lowest BCUT2D eigenvalue weighted by atomic mass is 9.81. The summed E-state index contributed by atoms with van der Waals surface area (Å²) in [6, 6.07) is 13.2. The summed E-state index contributed by atoms with van der Waals surface area (Å²) in [7, 11) is 2.17. The molecule has 1 aliphatic heterocycles. The van der Waals surface area contributed by atoms with E-state index in [0.29, 0.717) is 0 Å². The van der Waals surface area contributed by atoms with Gasteiger partial charge in [-0.05, 0) is 45.9 Å². The quantitative estimate of drug-likeness (QED) is 0.728. The summed E-state index contributed by atoms with van der Waals surface area (Å²) in [6.07, 6.45) is 4.55. The Morgan fingerprint density at radius 2 is 1.72 bits per heavy atom. The molecule has 1 aromatic carbocycles. The maximum atomic E-state index is 2.40. The lowest BCUT2D eigenvalue weighted by Crippen LogP contribution is -3.00. The van der Waals surface area contributed by atoms with Gasteiger partial charge in [-0.1, -0.05) is 18.2 Å². The van der Waals surface area contributed by atoms with Crippen LogP contribution in [-0.4, -0.2) is 30.4 Å². The number of thiophene rings is 1. The molecule has 0 N–H and O–H groups in total. The maximum absolute atomic E-state index is 2.40. The highest BCUT2D eigenvalue weighted by molar-refractivity contribution is 7.16. The highest BCUT2D eigenvalue weighted by Gasteiger charge is 2.42. The molecule has 0 atom stereocenters. The highest BCUT2D eigenvalue weighted by Crippen LogP contribution is 2.39. The first-order chi connectivity index (χ1) is 11.5. The average molecular weight is 375 g/mol. The zero-order valence-electron chi connectivity index (χ0n) is 15.7. The van der Waals surface area contributed by atoms with E-state index in [2.05, 4.69) is 92.8 Å². The molecule has 0 unspecified atom stereocenters. The largest absolute Gasteiger partial charge is 1.00 e. The van der Waals surface area contributed by atoms with E-state index in [-0.39, 0.29) is 17.8 Å². The van der Waals surface area contributed by atoms with E-state index in [1.165, 1.54) is 26.8 Å². The van der Waals surface area contributed by atoms with Gasteiger partial charge in [0.1, 0.15) is 7.05 Å². The smallest absolute Gasteiger partial charge is 0.209 e. The van der Waals surface area contributed by atoms with Crippen molar-refractivity contribution in [2.45, 2.75) is 33.1 Å². The molecule has 0 saturated carbocycles. The molecule has 3 rings (SSSR count). The Kier molecular flexibility index (Phi) is 6.12. The minimum atomic E-state index is 0. The monoisotopic (exact) mass is 374 g/mol. The molecular weight excluding hydrogens is 348 g/mol. The van der Waals surface area contributed by atoms with E-state index in [4.69, 9.17) is 0 Å². The van der Waals surface area contributed by atoms with Crippen LogP contribution in [0.1, 0.15) is 38.1 Å². The Bertz CT molecular complexity index is 798. The summed E-state index contributed by atoms with van der Waals surface area (Å²) < 4.78 is 2.32. The van der Waals surface area contributed by atoms with E-state index < -0.39 is 0 Å². The van der Waals surface area contributed by atoms with Crippen molar-refractivity contribution < 1.29 is 17.0 Å². The molecule has 0 aliphatic carbocycles. The van der Waals surface area contributed by atoms with Crippen molar-refractivity contribution in [3.63, 3.8) is 0 Å². The van der Waals surface area contributed by atoms with Crippen LogP contribution in [0.5, 0.6) is 0 Å². The first-order valence-corrected chi connectivity index (χ1v) is 9.54. The second-order valence-corrected chi connectivity index (χ2v) is 7.86. The molecule has 0 radical (unpaired) electrons. The van der Waals surface area contributed by atoms with Gasteiger partial charge < -0.3 is 17.3 Å². The fourth-order valence-electron chi connectivity index (χ4n) is 3.60. The van der Waals surface area contributed by atoms with Gasteiger partial charge in [0.05, 0.1) is 10.4 Å². The van der Waals surface area contributed by atoms with Crippen molar-refractivity contribution in [1.29, 1.82) is 0 Å². The van der Waals surface area contributed by atoms with Gasteiger partial charge in [-0.2, -0.15) is 4.58 Å². The molecule has 0 amide bonds. The summed E-state index contributed by atoms with van der Waals surface area (Å²) in [4.78, 5) is 3.71. The predicted octanol–water partition coefficient (Wildman–Crippen LogP) is 2.32. The van der Waals surface area contributed by atoms with Crippen molar-refractivity contribution >= 4 is 33.8 Å². The van der Waals surface area contributed by atoms with Gasteiger partial charge in [-0.25, -0.2) is 0 Å². The third-order valence-electron chi connectivity index (χ3n) is 5.03. The number of halogens is 1. The van der Waals surface area contributed by atoms with Crippen LogP contribution in [-0.2, 0) is 5.41 Å². The molecule has 4 heteroatoms. The zero-order chi connectivity index (χ0) is 17.3. The Balaban J connectivity index is 0.00000225. The fraction of sp³-hybridized carbons (Fsp3) is 0.381. The zero-order valence-corrected chi connectivity index (χ0v) is 17.3. The third-order valence-corrected chi connectivity index (χ3v) is 6.14. The molecule has 2 heterocycles. The SMILES string of the molecule is CCN(CC)c1ccc(C=CC2=[N+](C)c3ccccc3C2(C)C)s1.[Cl-]. The summed E-state index contributed by atoms with van der Waals surface area (Å²) >= 11 is 1.87. The Morgan fingerprint density at radius 3 is 2.36 bits per heavy atom. The van der Waals surface area contributed by atoms with Crippen LogP contribution in [0.3, 0.4) is 0 Å². The van der Waals surface area contributed by atoms with Crippen LogP contribution in [0.2, 0.25) is 0 Å². The summed E-state index contributed by atoms with van der Waals surface area (Å²) in [5.41, 5.74) is 4.11. The second-order valence-electron chi connectivity index (χ2n) is 6.77. The number of anilines is 1. The number of hydrogen-bond donors (Lipinski definition) is 0. The number of para-hydroxylation sites is 1. The second kappa shape index (κ2) is 7.76. The summed E-state index contributed by atoms with van der Waals surface area (Å²) in [5, 5.41) is 1.35. The number of benzene rings is 1. The van der Waals surface area contributed by atoms with Gasteiger partial charge >= 0.3 is 0 Å². The van der Waals surface area contributed by atoms with E-state index in [9.17, 15) is 0 Å². The van der Waals surface area contributed by atoms with Gasteiger partial charge in [0, 0.05) is 35.7 Å². The fourth-order valence-corrected chi connectivity index (χ4v) is 4.64. The first kappa shape index (κ1) is 19.7. The lowest BCUT2D eigenvalue weighted by Gasteiger charge is -2.17. The van der Waals surface area contributed by atoms with Crippen LogP contribution in [0.15, 0.2) is 42.5 Å². The molecule has 0 saturated heterocycles. The maximum Gasteiger partial charge on any atom is 0.209 e. The third kappa shape index (κ3) is 3.54. The van der Waals surface area contributed by atoms with Gasteiger partial charge in [0.25, 0.3) is 0 Å². The van der Waals surface area contributed by atoms with E-state index in [0.717, 1.165) is 13.1 Å². The van der Waals surface area contributed by atoms with Crippen LogP contribution < -0.4 is 17.3 Å². The molecule has 2 aromatic rings. The molecule has 1 aliphatic rings. The average Bonchev–Trinajstić information content (AvgIpc) is 3.11. The van der Waals surface area contributed by atoms with Crippen molar-refractivity contribution in [1.82, 2.24) is 0 Å². The Morgan fingerprint density at radius 1 is 1.04 bits per heavy atom. The molecule has 0 fully saturated rings. The van der Waals surface area contributed by atoms with Gasteiger partial charge in [-0.15, -0.1) is 11.3 Å². The topological polar surface area (TPSA) is 6.25 Å². The Hall–Kier alpha value is -1.58. The normalized spacial score (nSPS) is 15.4. The molecule has 0 bridgehead atoms. The predicted molar refractivity (Wildman–Crippen MR) is 107 cm³/mol. The van der Waals surface area contributed by atoms with Crippen molar-refractivity contribution in [2.24, 2.45) is 0 Å². The number of fused-ring (bicyclic) bond motifs is 1. The first-order valence-electron chi connectivity index (χ1n) is 8.72. The van der Waals surface area contributed by atoms with Crippen molar-refractivity contribution in [2.75, 3.05) is 25.0 Å². The number of allylic oxidation sites excluding steroid dienone is 1. The molecular formula is C21H27ClN2S.